The summed E-state index contributed by atoms with van der Waals surface area (Å²) in [5, 5.41) is 22.6. The highest BCUT2D eigenvalue weighted by Gasteiger charge is 2.13. The number of carbonyl (C=O) groups excluding carboxylic acids is 1. The van der Waals surface area contributed by atoms with Gasteiger partial charge in [0.1, 0.15) is 11.6 Å². The number of ether oxygens (including phenoxy) is 1. The van der Waals surface area contributed by atoms with Crippen molar-refractivity contribution in [2.45, 2.75) is 6.54 Å². The molecule has 0 saturated heterocycles. The number of nitrogens with two attached hydrogens (primary N) is 1. The molecule has 1 amide bonds. The Morgan fingerprint density at radius 3 is 2.50 bits per heavy atom. The molecule has 3 aromatic carbocycles. The first-order chi connectivity index (χ1) is 15.3. The average Bonchev–Trinajstić information content (AvgIpc) is 2.77. The molecular formula is C23H21ClN4O4. The van der Waals surface area contributed by atoms with Crippen molar-refractivity contribution in [2.24, 2.45) is 5.73 Å². The van der Waals surface area contributed by atoms with Crippen molar-refractivity contribution in [2.75, 3.05) is 17.2 Å². The van der Waals surface area contributed by atoms with Crippen molar-refractivity contribution in [1.29, 1.82) is 5.41 Å². The van der Waals surface area contributed by atoms with E-state index in [9.17, 15) is 9.59 Å². The molecule has 164 valence electrons. The lowest BCUT2D eigenvalue weighted by atomic mass is 10.1. The van der Waals surface area contributed by atoms with Gasteiger partial charge < -0.3 is 26.2 Å². The van der Waals surface area contributed by atoms with Gasteiger partial charge in [-0.05, 0) is 60.2 Å². The first-order valence-electron chi connectivity index (χ1n) is 9.54. The number of anilines is 2. The normalized spacial score (nSPS) is 10.3. The van der Waals surface area contributed by atoms with Gasteiger partial charge in [0.05, 0.1) is 5.56 Å². The van der Waals surface area contributed by atoms with E-state index in [1.807, 2.05) is 6.07 Å². The standard InChI is InChI=1S/C23H21ClN4O4/c24-16-6-9-20(27-12-14-2-1-3-18(10-14)32-13-21(29)30)19(11-16)23(31)28-17-7-4-15(5-8-17)22(25)26/h1-11,27H,12-13H2,(H3,25,26)(H,28,31)(H,29,30). The molecule has 0 aliphatic heterocycles. The second-order valence-electron chi connectivity index (χ2n) is 6.82. The van der Waals surface area contributed by atoms with Crippen molar-refractivity contribution in [3.63, 3.8) is 0 Å². The van der Waals surface area contributed by atoms with Crippen molar-refractivity contribution >= 4 is 40.7 Å². The molecule has 0 aliphatic rings. The van der Waals surface area contributed by atoms with Crippen LogP contribution < -0.4 is 21.1 Å². The van der Waals surface area contributed by atoms with Gasteiger partial charge in [0.25, 0.3) is 5.91 Å². The van der Waals surface area contributed by atoms with Crippen LogP contribution in [-0.4, -0.2) is 29.4 Å². The number of nitrogens with one attached hydrogen (secondary N) is 3. The number of halogens is 1. The number of hydrogen-bond donors (Lipinski definition) is 5. The molecule has 0 aliphatic carbocycles. The van der Waals surface area contributed by atoms with Gasteiger partial charge in [-0.1, -0.05) is 23.7 Å². The summed E-state index contributed by atoms with van der Waals surface area (Å²) in [5.41, 5.74) is 8.33. The van der Waals surface area contributed by atoms with E-state index >= 15 is 0 Å². The third-order valence-electron chi connectivity index (χ3n) is 4.42. The lowest BCUT2D eigenvalue weighted by Gasteiger charge is -2.14. The van der Waals surface area contributed by atoms with Crippen LogP contribution in [0.1, 0.15) is 21.5 Å². The molecule has 9 heteroatoms. The predicted molar refractivity (Wildman–Crippen MR) is 124 cm³/mol. The van der Waals surface area contributed by atoms with Crippen LogP contribution in [0.4, 0.5) is 11.4 Å². The number of hydrogen-bond acceptors (Lipinski definition) is 5. The molecule has 32 heavy (non-hydrogen) atoms. The number of carboxylic acids is 1. The monoisotopic (exact) mass is 452 g/mol. The molecule has 3 aromatic rings. The molecule has 8 nitrogen and oxygen atoms in total. The van der Waals surface area contributed by atoms with Gasteiger partial charge in [0.15, 0.2) is 6.61 Å². The van der Waals surface area contributed by atoms with E-state index in [2.05, 4.69) is 10.6 Å². The fourth-order valence-electron chi connectivity index (χ4n) is 2.88. The Kier molecular flexibility index (Phi) is 7.30. The van der Waals surface area contributed by atoms with Crippen molar-refractivity contribution in [3.8, 4) is 5.75 Å². The maximum atomic E-state index is 12.9. The van der Waals surface area contributed by atoms with Gasteiger partial charge in [0.2, 0.25) is 0 Å². The summed E-state index contributed by atoms with van der Waals surface area (Å²) in [7, 11) is 0. The van der Waals surface area contributed by atoms with Gasteiger partial charge in [-0.3, -0.25) is 10.2 Å². The van der Waals surface area contributed by atoms with Crippen LogP contribution in [-0.2, 0) is 11.3 Å². The summed E-state index contributed by atoms with van der Waals surface area (Å²) in [6.45, 7) is -0.0503. The highest BCUT2D eigenvalue weighted by atomic mass is 35.5. The van der Waals surface area contributed by atoms with Crippen LogP contribution in [0.15, 0.2) is 66.7 Å². The van der Waals surface area contributed by atoms with Gasteiger partial charge in [0, 0.05) is 28.5 Å². The van der Waals surface area contributed by atoms with Crippen molar-refractivity contribution in [1.82, 2.24) is 0 Å². The van der Waals surface area contributed by atoms with Crippen LogP contribution in [0.3, 0.4) is 0 Å². The minimum Gasteiger partial charge on any atom is -0.482 e. The Balaban J connectivity index is 1.72. The van der Waals surface area contributed by atoms with E-state index in [1.165, 1.54) is 0 Å². The summed E-state index contributed by atoms with van der Waals surface area (Å²) < 4.78 is 5.20. The van der Waals surface area contributed by atoms with E-state index in [0.29, 0.717) is 39.8 Å². The van der Waals surface area contributed by atoms with Crippen LogP contribution in [0.25, 0.3) is 0 Å². The smallest absolute Gasteiger partial charge is 0.341 e. The van der Waals surface area contributed by atoms with Crippen molar-refractivity contribution < 1.29 is 19.4 Å². The molecule has 0 unspecified atom stereocenters. The fraction of sp³-hybridized carbons (Fsp3) is 0.0870. The highest BCUT2D eigenvalue weighted by molar-refractivity contribution is 6.31. The summed E-state index contributed by atoms with van der Waals surface area (Å²) >= 11 is 6.11. The lowest BCUT2D eigenvalue weighted by molar-refractivity contribution is -0.139. The number of amidine groups is 1. The largest absolute Gasteiger partial charge is 0.482 e. The SMILES string of the molecule is N=C(N)c1ccc(NC(=O)c2cc(Cl)ccc2NCc2cccc(OCC(=O)O)c2)cc1. The first-order valence-corrected chi connectivity index (χ1v) is 9.92. The van der Waals surface area contributed by atoms with Gasteiger partial charge in [-0.15, -0.1) is 0 Å². The topological polar surface area (TPSA) is 138 Å². The second-order valence-corrected chi connectivity index (χ2v) is 7.25. The van der Waals surface area contributed by atoms with E-state index in [1.54, 1.807) is 60.7 Å². The van der Waals surface area contributed by atoms with Crippen LogP contribution in [0, 0.1) is 5.41 Å². The zero-order valence-electron chi connectivity index (χ0n) is 16.9. The second kappa shape index (κ2) is 10.3. The lowest BCUT2D eigenvalue weighted by Crippen LogP contribution is -2.15. The molecule has 0 spiro atoms. The quantitative estimate of drug-likeness (QED) is 0.246. The van der Waals surface area contributed by atoms with E-state index in [4.69, 9.17) is 32.6 Å². The molecule has 6 N–H and O–H groups in total. The Labute approximate surface area is 189 Å². The Morgan fingerprint density at radius 2 is 1.81 bits per heavy atom. The third kappa shape index (κ3) is 6.23. The zero-order valence-corrected chi connectivity index (χ0v) is 17.6. The Bertz CT molecular complexity index is 1150. The third-order valence-corrected chi connectivity index (χ3v) is 4.66. The molecule has 0 aromatic heterocycles. The number of carbonyl (C=O) groups is 2. The van der Waals surface area contributed by atoms with E-state index in [0.717, 1.165) is 5.56 Å². The van der Waals surface area contributed by atoms with Crippen LogP contribution in [0.5, 0.6) is 5.75 Å². The average molecular weight is 453 g/mol. The number of rotatable bonds is 9. The highest BCUT2D eigenvalue weighted by Crippen LogP contribution is 2.24. The van der Waals surface area contributed by atoms with Gasteiger partial charge >= 0.3 is 5.97 Å². The minimum absolute atomic E-state index is 0.0540. The van der Waals surface area contributed by atoms with E-state index in [-0.39, 0.29) is 11.7 Å². The van der Waals surface area contributed by atoms with Gasteiger partial charge in [-0.25, -0.2) is 4.79 Å². The molecule has 0 atom stereocenters. The molecule has 3 rings (SSSR count). The Morgan fingerprint density at radius 1 is 1.06 bits per heavy atom. The molecule has 0 fully saturated rings. The molecule has 0 bridgehead atoms. The zero-order chi connectivity index (χ0) is 23.1. The van der Waals surface area contributed by atoms with Crippen molar-refractivity contribution in [3.05, 3.63) is 88.4 Å². The predicted octanol–water partition coefficient (Wildman–Crippen LogP) is 3.95. The molecular weight excluding hydrogens is 432 g/mol. The Hall–Kier alpha value is -4.04. The van der Waals surface area contributed by atoms with Crippen LogP contribution in [0.2, 0.25) is 5.02 Å². The molecule has 0 saturated carbocycles. The maximum Gasteiger partial charge on any atom is 0.341 e. The number of amides is 1. The minimum atomic E-state index is -1.05. The summed E-state index contributed by atoms with van der Waals surface area (Å²) in [4.78, 5) is 23.5. The van der Waals surface area contributed by atoms with Gasteiger partial charge in [-0.2, -0.15) is 0 Å². The fourth-order valence-corrected chi connectivity index (χ4v) is 3.05. The first kappa shape index (κ1) is 22.6. The summed E-state index contributed by atoms with van der Waals surface area (Å²) in [6.07, 6.45) is 0. The number of nitrogen functional groups attached to an aromatic ring is 1. The summed E-state index contributed by atoms with van der Waals surface area (Å²) in [5.74, 6) is -1.03. The maximum absolute atomic E-state index is 12.9. The number of benzene rings is 3. The number of carboxylic acid groups (broad SMARTS) is 1. The number of aliphatic carboxylic acids is 1. The van der Waals surface area contributed by atoms with E-state index < -0.39 is 12.6 Å². The molecule has 0 radical (unpaired) electrons. The summed E-state index contributed by atoms with van der Waals surface area (Å²) in [6, 6.07) is 18.6. The molecule has 0 heterocycles. The van der Waals surface area contributed by atoms with Crippen LogP contribution >= 0.6 is 11.6 Å².